The molecule has 6 heteroatoms. The fraction of sp³-hybridized carbons (Fsp3) is 0.952. The predicted octanol–water partition coefficient (Wildman–Crippen LogP) is 2.30. The van der Waals surface area contributed by atoms with Gasteiger partial charge < -0.3 is 24.4 Å². The number of carbonyl (C=O) groups is 1. The third-order valence-corrected chi connectivity index (χ3v) is 6.06. The Morgan fingerprint density at radius 2 is 2.00 bits per heavy atom. The van der Waals surface area contributed by atoms with E-state index in [4.69, 9.17) is 9.47 Å². The van der Waals surface area contributed by atoms with Crippen LogP contribution in [0, 0.1) is 5.41 Å². The van der Waals surface area contributed by atoms with Crippen LogP contribution >= 0.6 is 0 Å². The largest absolute Gasteiger partial charge is 0.392 e. The second-order valence-electron chi connectivity index (χ2n) is 8.28. The molecule has 27 heavy (non-hydrogen) atoms. The maximum atomic E-state index is 12.7. The Morgan fingerprint density at radius 1 is 1.15 bits per heavy atom. The Hall–Kier alpha value is -0.690. The summed E-state index contributed by atoms with van der Waals surface area (Å²) >= 11 is 0. The molecule has 0 aromatic heterocycles. The lowest BCUT2D eigenvalue weighted by Crippen LogP contribution is -2.60. The van der Waals surface area contributed by atoms with E-state index in [1.807, 2.05) is 4.90 Å². The zero-order chi connectivity index (χ0) is 19.5. The molecule has 0 saturated carbocycles. The highest BCUT2D eigenvalue weighted by molar-refractivity contribution is 5.76. The third kappa shape index (κ3) is 7.00. The topological polar surface area (TPSA) is 62.2 Å². The monoisotopic (exact) mass is 384 g/mol. The van der Waals surface area contributed by atoms with Gasteiger partial charge in [-0.05, 0) is 38.5 Å². The number of methoxy groups -OCH3 is 1. The van der Waals surface area contributed by atoms with Gasteiger partial charge in [0.25, 0.3) is 0 Å². The number of hydrogen-bond donors (Lipinski definition) is 1. The van der Waals surface area contributed by atoms with Crippen molar-refractivity contribution >= 4 is 5.91 Å². The highest BCUT2D eigenvalue weighted by Crippen LogP contribution is 2.39. The first-order valence-electron chi connectivity index (χ1n) is 10.9. The standard InChI is InChI=1S/C21H40N2O4/c1-3-14-27-16-13-22-12-9-19(24)21(17-22)10-7-11-23(18-21)20(25)8-5-4-6-15-26-2/h19,24H,3-18H2,1-2H3/t19-,21-/m1/s1. The molecule has 1 N–H and O–H groups in total. The van der Waals surface area contributed by atoms with E-state index in [1.54, 1.807) is 7.11 Å². The number of hydrogen-bond acceptors (Lipinski definition) is 5. The van der Waals surface area contributed by atoms with Crippen LogP contribution in [-0.2, 0) is 14.3 Å². The highest BCUT2D eigenvalue weighted by atomic mass is 16.5. The number of unbranched alkanes of at least 4 members (excludes halogenated alkanes) is 2. The predicted molar refractivity (Wildman–Crippen MR) is 107 cm³/mol. The molecule has 2 heterocycles. The van der Waals surface area contributed by atoms with Crippen LogP contribution < -0.4 is 0 Å². The first kappa shape index (κ1) is 22.6. The van der Waals surface area contributed by atoms with E-state index in [9.17, 15) is 9.90 Å². The molecule has 2 fully saturated rings. The van der Waals surface area contributed by atoms with E-state index in [0.717, 1.165) is 90.9 Å². The number of nitrogens with zero attached hydrogens (tertiary/aromatic N) is 2. The number of amides is 1. The average Bonchev–Trinajstić information content (AvgIpc) is 2.68. The van der Waals surface area contributed by atoms with Crippen molar-refractivity contribution in [1.29, 1.82) is 0 Å². The number of ether oxygens (including phenoxy) is 2. The van der Waals surface area contributed by atoms with Gasteiger partial charge >= 0.3 is 0 Å². The number of likely N-dealkylation sites (tertiary alicyclic amines) is 2. The Balaban J connectivity index is 1.82. The van der Waals surface area contributed by atoms with Crippen molar-refractivity contribution in [2.24, 2.45) is 5.41 Å². The van der Waals surface area contributed by atoms with Gasteiger partial charge in [0, 0.05) is 64.9 Å². The normalized spacial score (nSPS) is 26.6. The van der Waals surface area contributed by atoms with Crippen molar-refractivity contribution in [3.63, 3.8) is 0 Å². The van der Waals surface area contributed by atoms with Crippen LogP contribution in [0.15, 0.2) is 0 Å². The van der Waals surface area contributed by atoms with Crippen LogP contribution in [-0.4, -0.2) is 86.6 Å². The first-order chi connectivity index (χ1) is 13.1. The Kier molecular flexibility index (Phi) is 10.0. The van der Waals surface area contributed by atoms with Crippen LogP contribution in [0.5, 0.6) is 0 Å². The molecule has 2 aliphatic rings. The van der Waals surface area contributed by atoms with Crippen LogP contribution in [0.3, 0.4) is 0 Å². The van der Waals surface area contributed by atoms with Gasteiger partial charge in [0.2, 0.25) is 5.91 Å². The molecule has 2 rings (SSSR count). The van der Waals surface area contributed by atoms with E-state index >= 15 is 0 Å². The second-order valence-corrected chi connectivity index (χ2v) is 8.28. The molecule has 2 saturated heterocycles. The van der Waals surface area contributed by atoms with Crippen LogP contribution in [0.25, 0.3) is 0 Å². The number of piperidine rings is 2. The number of carbonyl (C=O) groups excluding carboxylic acids is 1. The van der Waals surface area contributed by atoms with Crippen LogP contribution in [0.2, 0.25) is 0 Å². The van der Waals surface area contributed by atoms with E-state index in [-0.39, 0.29) is 17.4 Å². The number of rotatable bonds is 11. The van der Waals surface area contributed by atoms with Crippen molar-refractivity contribution in [2.45, 2.75) is 64.4 Å². The molecule has 1 amide bonds. The molecule has 0 unspecified atom stereocenters. The molecule has 2 atom stereocenters. The van der Waals surface area contributed by atoms with Gasteiger partial charge in [-0.3, -0.25) is 4.79 Å². The van der Waals surface area contributed by atoms with Gasteiger partial charge in [-0.2, -0.15) is 0 Å². The molecule has 2 aliphatic heterocycles. The smallest absolute Gasteiger partial charge is 0.222 e. The first-order valence-corrected chi connectivity index (χ1v) is 10.9. The molecule has 6 nitrogen and oxygen atoms in total. The summed E-state index contributed by atoms with van der Waals surface area (Å²) < 4.78 is 10.7. The van der Waals surface area contributed by atoms with E-state index in [2.05, 4.69) is 11.8 Å². The minimum atomic E-state index is -0.303. The average molecular weight is 385 g/mol. The number of aliphatic hydroxyl groups excluding tert-OH is 1. The Bertz CT molecular complexity index is 434. The summed E-state index contributed by atoms with van der Waals surface area (Å²) in [6.45, 7) is 8.72. The SMILES string of the molecule is CCCOCCN1CC[C@@H](O)[C@]2(CCCN(C(=O)CCCCCOC)C2)C1. The summed E-state index contributed by atoms with van der Waals surface area (Å²) in [6.07, 6.45) is 7.14. The van der Waals surface area contributed by atoms with Crippen molar-refractivity contribution in [3.05, 3.63) is 0 Å². The summed E-state index contributed by atoms with van der Waals surface area (Å²) in [7, 11) is 1.72. The third-order valence-electron chi connectivity index (χ3n) is 6.06. The summed E-state index contributed by atoms with van der Waals surface area (Å²) in [5, 5.41) is 10.8. The number of aliphatic hydroxyl groups is 1. The lowest BCUT2D eigenvalue weighted by Gasteiger charge is -2.51. The molecule has 158 valence electrons. The van der Waals surface area contributed by atoms with Crippen LogP contribution in [0.4, 0.5) is 0 Å². The molecule has 0 aromatic rings. The van der Waals surface area contributed by atoms with E-state index in [0.29, 0.717) is 13.0 Å². The van der Waals surface area contributed by atoms with Crippen molar-refractivity contribution < 1.29 is 19.4 Å². The summed E-state index contributed by atoms with van der Waals surface area (Å²) in [5.74, 6) is 0.252. The van der Waals surface area contributed by atoms with Gasteiger partial charge in [0.15, 0.2) is 0 Å². The van der Waals surface area contributed by atoms with Gasteiger partial charge in [-0.15, -0.1) is 0 Å². The van der Waals surface area contributed by atoms with E-state index < -0.39 is 0 Å². The summed E-state index contributed by atoms with van der Waals surface area (Å²) in [4.78, 5) is 17.1. The van der Waals surface area contributed by atoms with Gasteiger partial charge in [0.05, 0.1) is 12.7 Å². The Labute approximate surface area is 165 Å². The molecule has 0 radical (unpaired) electrons. The molecule has 0 aliphatic carbocycles. The maximum Gasteiger partial charge on any atom is 0.222 e. The molecule has 0 bridgehead atoms. The zero-order valence-corrected chi connectivity index (χ0v) is 17.5. The summed E-state index contributed by atoms with van der Waals surface area (Å²) in [6, 6.07) is 0. The lowest BCUT2D eigenvalue weighted by atomic mass is 9.71. The van der Waals surface area contributed by atoms with Crippen molar-refractivity contribution in [2.75, 3.05) is 59.7 Å². The Morgan fingerprint density at radius 3 is 2.78 bits per heavy atom. The lowest BCUT2D eigenvalue weighted by molar-refractivity contribution is -0.141. The van der Waals surface area contributed by atoms with Crippen LogP contribution in [0.1, 0.15) is 58.3 Å². The van der Waals surface area contributed by atoms with E-state index in [1.165, 1.54) is 0 Å². The quantitative estimate of drug-likeness (QED) is 0.554. The minimum Gasteiger partial charge on any atom is -0.392 e. The fourth-order valence-electron chi connectivity index (χ4n) is 4.50. The molecular weight excluding hydrogens is 344 g/mol. The van der Waals surface area contributed by atoms with Gasteiger partial charge in [-0.1, -0.05) is 13.3 Å². The zero-order valence-electron chi connectivity index (χ0n) is 17.5. The fourth-order valence-corrected chi connectivity index (χ4v) is 4.50. The second kappa shape index (κ2) is 12.0. The molecular formula is C21H40N2O4. The summed E-state index contributed by atoms with van der Waals surface area (Å²) in [5.41, 5.74) is -0.160. The highest BCUT2D eigenvalue weighted by Gasteiger charge is 2.46. The molecule has 0 aromatic carbocycles. The van der Waals surface area contributed by atoms with Gasteiger partial charge in [-0.25, -0.2) is 0 Å². The van der Waals surface area contributed by atoms with Crippen molar-refractivity contribution in [3.8, 4) is 0 Å². The maximum absolute atomic E-state index is 12.7. The minimum absolute atomic E-state index is 0.160. The van der Waals surface area contributed by atoms with Gasteiger partial charge in [0.1, 0.15) is 0 Å². The van der Waals surface area contributed by atoms with Crippen molar-refractivity contribution in [1.82, 2.24) is 9.80 Å². The molecule has 1 spiro atoms.